The van der Waals surface area contributed by atoms with Gasteiger partial charge in [-0.25, -0.2) is 0 Å². The minimum atomic E-state index is -0.870. The summed E-state index contributed by atoms with van der Waals surface area (Å²) in [5.41, 5.74) is 0. The molecule has 0 radical (unpaired) electrons. The Hall–Kier alpha value is -1.65. The number of hydrogen-bond donors (Lipinski definition) is 3. The van der Waals surface area contributed by atoms with E-state index in [1.807, 2.05) is 6.08 Å². The molecule has 0 heterocycles. The van der Waals surface area contributed by atoms with Gasteiger partial charge in [0.2, 0.25) is 5.91 Å². The Balaban J connectivity index is 3.47. The van der Waals surface area contributed by atoms with E-state index in [-0.39, 0.29) is 12.5 Å². The van der Waals surface area contributed by atoms with Crippen LogP contribution in [0.4, 0.5) is 0 Å². The van der Waals surface area contributed by atoms with Crippen LogP contribution in [0.1, 0.15) is 322 Å². The maximum atomic E-state index is 12.5. The second-order valence-corrected chi connectivity index (χ2v) is 20.4. The number of aliphatic hydroxyl groups excluding tert-OH is 2. The largest absolute Gasteiger partial charge is 0.394 e. The smallest absolute Gasteiger partial charge is 0.220 e. The predicted molar refractivity (Wildman–Crippen MR) is 295 cm³/mol. The highest BCUT2D eigenvalue weighted by Gasteiger charge is 2.18. The lowest BCUT2D eigenvalue weighted by Crippen LogP contribution is -2.45. The number of nitrogens with one attached hydrogen (secondary N) is 1. The van der Waals surface area contributed by atoms with Crippen LogP contribution >= 0.6 is 0 Å². The highest BCUT2D eigenvalue weighted by molar-refractivity contribution is 5.76. The van der Waals surface area contributed by atoms with E-state index in [0.717, 1.165) is 38.5 Å². The Bertz CT molecular complexity index is 1050. The van der Waals surface area contributed by atoms with Gasteiger partial charge in [-0.2, -0.15) is 0 Å². The molecular weight excluding hydrogens is 807 g/mol. The van der Waals surface area contributed by atoms with Gasteiger partial charge >= 0.3 is 0 Å². The van der Waals surface area contributed by atoms with E-state index in [9.17, 15) is 15.0 Å². The lowest BCUT2D eigenvalue weighted by molar-refractivity contribution is -0.123. The van der Waals surface area contributed by atoms with Crippen LogP contribution in [-0.4, -0.2) is 34.9 Å². The number of hydrogen-bond acceptors (Lipinski definition) is 3. The van der Waals surface area contributed by atoms with Gasteiger partial charge in [0.25, 0.3) is 0 Å². The van der Waals surface area contributed by atoms with Crippen LogP contribution in [0, 0.1) is 0 Å². The molecule has 0 saturated carbocycles. The van der Waals surface area contributed by atoms with Crippen molar-refractivity contribution in [2.75, 3.05) is 6.61 Å². The molecule has 66 heavy (non-hydrogen) atoms. The first-order valence-electron chi connectivity index (χ1n) is 29.9. The lowest BCUT2D eigenvalue weighted by atomic mass is 10.0. The van der Waals surface area contributed by atoms with Gasteiger partial charge in [0.1, 0.15) is 0 Å². The summed E-state index contributed by atoms with van der Waals surface area (Å²) < 4.78 is 0. The summed E-state index contributed by atoms with van der Waals surface area (Å²) in [5.74, 6) is -0.0738. The Labute approximate surface area is 414 Å². The van der Waals surface area contributed by atoms with Crippen LogP contribution < -0.4 is 5.32 Å². The van der Waals surface area contributed by atoms with Crippen molar-refractivity contribution in [3.63, 3.8) is 0 Å². The van der Waals surface area contributed by atoms with E-state index in [1.165, 1.54) is 263 Å². The lowest BCUT2D eigenvalue weighted by Gasteiger charge is -2.19. The molecule has 0 fully saturated rings. The van der Waals surface area contributed by atoms with Crippen molar-refractivity contribution in [1.29, 1.82) is 0 Å². The van der Waals surface area contributed by atoms with Gasteiger partial charge in [0.15, 0.2) is 0 Å². The van der Waals surface area contributed by atoms with Crippen molar-refractivity contribution in [1.82, 2.24) is 5.32 Å². The molecule has 0 saturated heterocycles. The van der Waals surface area contributed by atoms with E-state index in [1.54, 1.807) is 6.08 Å². The summed E-state index contributed by atoms with van der Waals surface area (Å²) in [4.78, 5) is 12.5. The van der Waals surface area contributed by atoms with Crippen molar-refractivity contribution in [3.05, 3.63) is 48.6 Å². The van der Waals surface area contributed by atoms with Crippen LogP contribution in [0.2, 0.25) is 0 Å². The second-order valence-electron chi connectivity index (χ2n) is 20.4. The fraction of sp³-hybridized carbons (Fsp3) is 0.855. The normalized spacial score (nSPS) is 13.1. The average molecular weight is 925 g/mol. The monoisotopic (exact) mass is 924 g/mol. The zero-order valence-corrected chi connectivity index (χ0v) is 44.7. The minimum absolute atomic E-state index is 0.0738. The molecule has 4 heteroatoms. The molecule has 0 aliphatic heterocycles. The molecule has 0 aromatic rings. The fourth-order valence-corrected chi connectivity index (χ4v) is 9.21. The number of rotatable bonds is 55. The Morgan fingerprint density at radius 1 is 0.348 bits per heavy atom. The average Bonchev–Trinajstić information content (AvgIpc) is 3.32. The molecule has 0 aromatic heterocycles. The van der Waals surface area contributed by atoms with Gasteiger partial charge in [-0.3, -0.25) is 4.79 Å². The first-order chi connectivity index (χ1) is 32.7. The molecule has 0 rings (SSSR count). The summed E-state index contributed by atoms with van der Waals surface area (Å²) in [6, 6.07) is -0.646. The van der Waals surface area contributed by atoms with E-state index < -0.39 is 12.1 Å². The Morgan fingerprint density at radius 2 is 0.591 bits per heavy atom. The summed E-state index contributed by atoms with van der Waals surface area (Å²) in [6.45, 7) is 4.32. The third-order valence-corrected chi connectivity index (χ3v) is 13.8. The minimum Gasteiger partial charge on any atom is -0.394 e. The SMILES string of the molecule is CCCCCCCCCCC/C=C/CC/C=C/CC/C=C/C(O)C(CO)NC(=O)CCCCCCCCCCCCCCCCCCC/C=C\CCCCCCCCCCCCCCCC. The van der Waals surface area contributed by atoms with Gasteiger partial charge in [0, 0.05) is 6.42 Å². The fourth-order valence-electron chi connectivity index (χ4n) is 9.21. The number of allylic oxidation sites excluding steroid dienone is 7. The van der Waals surface area contributed by atoms with Gasteiger partial charge in [0.05, 0.1) is 18.8 Å². The van der Waals surface area contributed by atoms with Crippen LogP contribution in [0.15, 0.2) is 48.6 Å². The van der Waals surface area contributed by atoms with Gasteiger partial charge in [-0.05, 0) is 70.6 Å². The molecule has 0 aliphatic carbocycles. The number of amides is 1. The van der Waals surface area contributed by atoms with Gasteiger partial charge in [-0.1, -0.05) is 294 Å². The van der Waals surface area contributed by atoms with Crippen molar-refractivity contribution in [3.8, 4) is 0 Å². The Kier molecular flexibility index (Phi) is 56.2. The zero-order chi connectivity index (χ0) is 47.7. The number of aliphatic hydroxyl groups is 2. The first kappa shape index (κ1) is 64.3. The predicted octanol–water partition coefficient (Wildman–Crippen LogP) is 19.8. The van der Waals surface area contributed by atoms with Crippen molar-refractivity contribution in [2.45, 2.75) is 334 Å². The topological polar surface area (TPSA) is 69.6 Å². The van der Waals surface area contributed by atoms with Crippen molar-refractivity contribution < 1.29 is 15.0 Å². The standard InChI is InChI=1S/C62H117NO3/c1-3-5-7-9-11-13-15-17-19-21-23-24-25-26-27-28-29-30-31-32-33-34-35-36-37-38-40-42-44-46-48-50-52-54-56-58-62(66)63-60(59-64)61(65)57-55-53-51-49-47-45-43-41-39-22-20-18-16-14-12-10-8-6-4-2/h28-29,39,41,47,49,55,57,60-61,64-65H,3-27,30-38,40,42-46,48,50-54,56,58-59H2,1-2H3,(H,63,66)/b29-28-,41-39+,49-47+,57-55+. The van der Waals surface area contributed by atoms with Gasteiger partial charge < -0.3 is 15.5 Å². The zero-order valence-electron chi connectivity index (χ0n) is 44.7. The van der Waals surface area contributed by atoms with Crippen molar-refractivity contribution in [2.24, 2.45) is 0 Å². The molecule has 0 aromatic carbocycles. The molecule has 0 bridgehead atoms. The molecule has 0 spiro atoms. The molecule has 4 nitrogen and oxygen atoms in total. The Morgan fingerprint density at radius 3 is 0.879 bits per heavy atom. The van der Waals surface area contributed by atoms with Crippen LogP contribution in [0.5, 0.6) is 0 Å². The molecule has 1 amide bonds. The van der Waals surface area contributed by atoms with Crippen molar-refractivity contribution >= 4 is 5.91 Å². The maximum Gasteiger partial charge on any atom is 0.220 e. The van der Waals surface area contributed by atoms with Crippen LogP contribution in [-0.2, 0) is 4.79 Å². The molecule has 2 atom stereocenters. The highest BCUT2D eigenvalue weighted by Crippen LogP contribution is 2.17. The molecular formula is C62H117NO3. The van der Waals surface area contributed by atoms with E-state index >= 15 is 0 Å². The van der Waals surface area contributed by atoms with E-state index in [4.69, 9.17) is 0 Å². The second kappa shape index (κ2) is 57.7. The maximum absolute atomic E-state index is 12.5. The number of carbonyl (C=O) groups is 1. The quantitative estimate of drug-likeness (QED) is 0.0420. The van der Waals surface area contributed by atoms with Gasteiger partial charge in [-0.15, -0.1) is 0 Å². The highest BCUT2D eigenvalue weighted by atomic mass is 16.3. The molecule has 3 N–H and O–H groups in total. The molecule has 0 aliphatic rings. The van der Waals surface area contributed by atoms with E-state index in [0.29, 0.717) is 6.42 Å². The number of carbonyl (C=O) groups excluding carboxylic acids is 1. The molecule has 2 unspecified atom stereocenters. The first-order valence-corrected chi connectivity index (χ1v) is 29.9. The van der Waals surface area contributed by atoms with E-state index in [2.05, 4.69) is 55.6 Å². The third kappa shape index (κ3) is 53.3. The third-order valence-electron chi connectivity index (χ3n) is 13.8. The molecule has 388 valence electrons. The van der Waals surface area contributed by atoms with Crippen LogP contribution in [0.3, 0.4) is 0 Å². The number of unbranched alkanes of at least 4 members (excludes halogenated alkanes) is 42. The summed E-state index contributed by atoms with van der Waals surface area (Å²) in [6.07, 6.45) is 80.1. The summed E-state index contributed by atoms with van der Waals surface area (Å²) in [7, 11) is 0. The summed E-state index contributed by atoms with van der Waals surface area (Å²) >= 11 is 0. The van der Waals surface area contributed by atoms with Crippen LogP contribution in [0.25, 0.3) is 0 Å². The summed E-state index contributed by atoms with van der Waals surface area (Å²) in [5, 5.41) is 23.1.